The zero-order chi connectivity index (χ0) is 14.0. The van der Waals surface area contributed by atoms with Crippen molar-refractivity contribution in [2.24, 2.45) is 11.8 Å². The Morgan fingerprint density at radius 3 is 2.47 bits per heavy atom. The average molecular weight is 289 g/mol. The number of nitrogens with one attached hydrogen (secondary N) is 1. The zero-order valence-corrected chi connectivity index (χ0v) is 11.5. The first-order chi connectivity index (χ1) is 8.85. The van der Waals surface area contributed by atoms with E-state index in [2.05, 4.69) is 5.32 Å². The quantitative estimate of drug-likeness (QED) is 0.769. The van der Waals surface area contributed by atoms with Crippen LogP contribution in [0.5, 0.6) is 0 Å². The summed E-state index contributed by atoms with van der Waals surface area (Å²) in [4.78, 5) is 22.6. The molecule has 1 saturated carbocycles. The molecular weight excluding hydrogens is 270 g/mol. The van der Waals surface area contributed by atoms with E-state index in [4.69, 9.17) is 5.11 Å². The highest BCUT2D eigenvalue weighted by atomic mass is 32.2. The van der Waals surface area contributed by atoms with Crippen LogP contribution in [0.2, 0.25) is 0 Å². The fourth-order valence-corrected chi connectivity index (χ4v) is 4.78. The molecular formula is C12H19NO5S. The minimum atomic E-state index is -2.95. The molecule has 0 aromatic carbocycles. The highest BCUT2D eigenvalue weighted by molar-refractivity contribution is 7.91. The molecule has 0 radical (unpaired) electrons. The largest absolute Gasteiger partial charge is 0.481 e. The summed E-state index contributed by atoms with van der Waals surface area (Å²) in [5, 5.41) is 11.7. The molecule has 1 aliphatic heterocycles. The summed E-state index contributed by atoms with van der Waals surface area (Å²) >= 11 is 0. The third kappa shape index (κ3) is 3.92. The summed E-state index contributed by atoms with van der Waals surface area (Å²) in [6.07, 6.45) is 2.54. The topological polar surface area (TPSA) is 101 Å². The van der Waals surface area contributed by atoms with Crippen molar-refractivity contribution in [1.82, 2.24) is 5.32 Å². The molecule has 0 spiro atoms. The molecule has 1 saturated heterocycles. The van der Waals surface area contributed by atoms with Crippen molar-refractivity contribution < 1.29 is 23.1 Å². The van der Waals surface area contributed by atoms with Gasteiger partial charge in [-0.3, -0.25) is 9.59 Å². The Hall–Kier alpha value is -1.11. The first-order valence-electron chi connectivity index (χ1n) is 6.58. The molecule has 0 bridgehead atoms. The van der Waals surface area contributed by atoms with Crippen molar-refractivity contribution >= 4 is 21.7 Å². The van der Waals surface area contributed by atoms with Gasteiger partial charge in [-0.15, -0.1) is 0 Å². The predicted molar refractivity (Wildman–Crippen MR) is 68.3 cm³/mol. The molecule has 6 nitrogen and oxygen atoms in total. The van der Waals surface area contributed by atoms with Gasteiger partial charge in [-0.2, -0.15) is 0 Å². The second-order valence-corrected chi connectivity index (χ2v) is 7.81. The molecule has 3 atom stereocenters. The maximum absolute atomic E-state index is 11.8. The zero-order valence-electron chi connectivity index (χ0n) is 10.7. The van der Waals surface area contributed by atoms with Crippen molar-refractivity contribution in [2.45, 2.75) is 38.1 Å². The smallest absolute Gasteiger partial charge is 0.306 e. The predicted octanol–water partition coefficient (Wildman–Crippen LogP) is 0.181. The minimum Gasteiger partial charge on any atom is -0.481 e. The van der Waals surface area contributed by atoms with Gasteiger partial charge in [0.15, 0.2) is 9.84 Å². The molecule has 2 fully saturated rings. The van der Waals surface area contributed by atoms with Crippen molar-refractivity contribution in [2.75, 3.05) is 11.5 Å². The molecule has 7 heteroatoms. The van der Waals surface area contributed by atoms with Crippen LogP contribution in [0.25, 0.3) is 0 Å². The summed E-state index contributed by atoms with van der Waals surface area (Å²) in [6.45, 7) is 0. The summed E-state index contributed by atoms with van der Waals surface area (Å²) < 4.78 is 22.6. The Morgan fingerprint density at radius 2 is 1.95 bits per heavy atom. The molecule has 19 heavy (non-hydrogen) atoms. The minimum absolute atomic E-state index is 0.0772. The number of carbonyl (C=O) groups is 2. The van der Waals surface area contributed by atoms with Gasteiger partial charge in [0.25, 0.3) is 0 Å². The lowest BCUT2D eigenvalue weighted by molar-refractivity contribution is -0.141. The first-order valence-corrected chi connectivity index (χ1v) is 8.40. The second kappa shape index (κ2) is 5.48. The Balaban J connectivity index is 1.75. The SMILES string of the molecule is O=C(CC1CCS(=O)(=O)C1)N[C@H]1CC[C@@H](C(=O)O)C1. The van der Waals surface area contributed by atoms with E-state index in [0.29, 0.717) is 25.7 Å². The number of carbonyl (C=O) groups excluding carboxylic acids is 1. The van der Waals surface area contributed by atoms with Crippen LogP contribution in [-0.2, 0) is 19.4 Å². The Labute approximate surface area is 112 Å². The highest BCUT2D eigenvalue weighted by Crippen LogP contribution is 2.26. The maximum Gasteiger partial charge on any atom is 0.306 e. The van der Waals surface area contributed by atoms with Crippen molar-refractivity contribution in [3.8, 4) is 0 Å². The lowest BCUT2D eigenvalue weighted by Crippen LogP contribution is -2.34. The number of carboxylic acids is 1. The van der Waals surface area contributed by atoms with Gasteiger partial charge in [0.05, 0.1) is 17.4 Å². The van der Waals surface area contributed by atoms with Gasteiger partial charge in [-0.1, -0.05) is 0 Å². The van der Waals surface area contributed by atoms with E-state index < -0.39 is 15.8 Å². The lowest BCUT2D eigenvalue weighted by Gasteiger charge is -2.14. The monoisotopic (exact) mass is 289 g/mol. The van der Waals surface area contributed by atoms with Crippen molar-refractivity contribution in [3.63, 3.8) is 0 Å². The number of amides is 1. The van der Waals surface area contributed by atoms with Crippen LogP contribution in [0.4, 0.5) is 0 Å². The number of hydrogen-bond acceptors (Lipinski definition) is 4. The van der Waals surface area contributed by atoms with Crippen molar-refractivity contribution in [3.05, 3.63) is 0 Å². The van der Waals surface area contributed by atoms with Gasteiger partial charge in [-0.25, -0.2) is 8.42 Å². The van der Waals surface area contributed by atoms with E-state index in [0.717, 1.165) is 0 Å². The van der Waals surface area contributed by atoms with Crippen LogP contribution < -0.4 is 5.32 Å². The van der Waals surface area contributed by atoms with Crippen LogP contribution in [0, 0.1) is 11.8 Å². The van der Waals surface area contributed by atoms with Crippen LogP contribution in [0.3, 0.4) is 0 Å². The highest BCUT2D eigenvalue weighted by Gasteiger charge is 2.32. The van der Waals surface area contributed by atoms with Gasteiger partial charge < -0.3 is 10.4 Å². The number of carboxylic acid groups (broad SMARTS) is 1. The number of rotatable bonds is 4. The van der Waals surface area contributed by atoms with Crippen LogP contribution >= 0.6 is 0 Å². The molecule has 2 aliphatic rings. The molecule has 1 aliphatic carbocycles. The van der Waals surface area contributed by atoms with E-state index in [1.807, 2.05) is 0 Å². The number of aliphatic carboxylic acids is 1. The molecule has 108 valence electrons. The van der Waals surface area contributed by atoms with E-state index in [-0.39, 0.29) is 41.7 Å². The Morgan fingerprint density at radius 1 is 1.21 bits per heavy atom. The first kappa shape index (κ1) is 14.3. The van der Waals surface area contributed by atoms with E-state index in [9.17, 15) is 18.0 Å². The van der Waals surface area contributed by atoms with Gasteiger partial charge in [0, 0.05) is 12.5 Å². The average Bonchev–Trinajstić information content (AvgIpc) is 2.85. The summed E-state index contributed by atoms with van der Waals surface area (Å²) in [5.74, 6) is -1.13. The second-order valence-electron chi connectivity index (χ2n) is 5.59. The standard InChI is InChI=1S/C12H19NO5S/c14-11(5-8-3-4-19(17,18)7-8)13-10-2-1-9(6-10)12(15)16/h8-10H,1-7H2,(H,13,14)(H,15,16)/t8?,9-,10+/m1/s1. The maximum atomic E-state index is 11.8. The van der Waals surface area contributed by atoms with E-state index in [1.165, 1.54) is 0 Å². The number of sulfone groups is 1. The normalized spacial score (nSPS) is 33.2. The third-order valence-electron chi connectivity index (χ3n) is 3.95. The van der Waals surface area contributed by atoms with E-state index >= 15 is 0 Å². The van der Waals surface area contributed by atoms with Gasteiger partial charge >= 0.3 is 5.97 Å². The van der Waals surface area contributed by atoms with Crippen molar-refractivity contribution in [1.29, 1.82) is 0 Å². The fourth-order valence-electron chi connectivity index (χ4n) is 2.92. The lowest BCUT2D eigenvalue weighted by atomic mass is 10.0. The van der Waals surface area contributed by atoms with Crippen LogP contribution in [-0.4, -0.2) is 42.9 Å². The fraction of sp³-hybridized carbons (Fsp3) is 0.833. The third-order valence-corrected chi connectivity index (χ3v) is 5.78. The molecule has 2 rings (SSSR count). The Kier molecular flexibility index (Phi) is 4.13. The molecule has 1 unspecified atom stereocenters. The van der Waals surface area contributed by atoms with Gasteiger partial charge in [-0.05, 0) is 31.6 Å². The molecule has 0 aromatic rings. The van der Waals surface area contributed by atoms with E-state index in [1.54, 1.807) is 0 Å². The molecule has 1 amide bonds. The summed E-state index contributed by atoms with van der Waals surface area (Å²) in [6, 6.07) is -0.0772. The Bertz CT molecular complexity index is 473. The summed E-state index contributed by atoms with van der Waals surface area (Å²) in [7, 11) is -2.95. The molecule has 0 aromatic heterocycles. The summed E-state index contributed by atoms with van der Waals surface area (Å²) in [5.41, 5.74) is 0. The molecule has 2 N–H and O–H groups in total. The molecule has 1 heterocycles. The van der Waals surface area contributed by atoms with Crippen LogP contribution in [0.1, 0.15) is 32.1 Å². The van der Waals surface area contributed by atoms with Crippen LogP contribution in [0.15, 0.2) is 0 Å². The van der Waals surface area contributed by atoms with Gasteiger partial charge in [0.2, 0.25) is 5.91 Å². The van der Waals surface area contributed by atoms with Gasteiger partial charge in [0.1, 0.15) is 0 Å². The number of hydrogen-bond donors (Lipinski definition) is 2.